The third-order valence-corrected chi connectivity index (χ3v) is 2.76. The van der Waals surface area contributed by atoms with E-state index in [1.165, 1.54) is 0 Å². The van der Waals surface area contributed by atoms with Crippen LogP contribution in [0.3, 0.4) is 0 Å². The highest BCUT2D eigenvalue weighted by molar-refractivity contribution is 6.35. The van der Waals surface area contributed by atoms with E-state index in [4.69, 9.17) is 34.2 Å². The number of rotatable bonds is 2. The SMILES string of the molecule is N#Cc1cc(Nc2cc(Cl)cc(Cl)c2)ccc1N. The fraction of sp³-hybridized carbons (Fsp3) is 0. The Kier molecular flexibility index (Phi) is 3.61. The van der Waals surface area contributed by atoms with Crippen molar-refractivity contribution in [2.75, 3.05) is 11.1 Å². The number of nitrogens with one attached hydrogen (secondary N) is 1. The number of benzene rings is 2. The number of nitriles is 1. The van der Waals surface area contributed by atoms with E-state index >= 15 is 0 Å². The first-order valence-corrected chi connectivity index (χ1v) is 5.87. The number of halogens is 2. The van der Waals surface area contributed by atoms with E-state index in [1.54, 1.807) is 36.4 Å². The standard InChI is InChI=1S/C13H9Cl2N3/c14-9-4-10(15)6-12(5-9)18-11-1-2-13(17)8(3-11)7-16/h1-6,18H,17H2. The molecule has 0 aromatic heterocycles. The molecule has 0 saturated heterocycles. The average Bonchev–Trinajstić information content (AvgIpc) is 2.30. The fourth-order valence-corrected chi connectivity index (χ4v) is 2.05. The predicted octanol–water partition coefficient (Wildman–Crippen LogP) is 4.19. The van der Waals surface area contributed by atoms with Crippen molar-refractivity contribution in [1.29, 1.82) is 5.26 Å². The Hall–Kier alpha value is -1.89. The minimum atomic E-state index is 0.424. The van der Waals surface area contributed by atoms with E-state index in [0.29, 0.717) is 21.3 Å². The van der Waals surface area contributed by atoms with E-state index in [-0.39, 0.29) is 0 Å². The molecule has 3 N–H and O–H groups in total. The maximum absolute atomic E-state index is 8.90. The lowest BCUT2D eigenvalue weighted by molar-refractivity contribution is 1.47. The van der Waals surface area contributed by atoms with Crippen LogP contribution in [0.25, 0.3) is 0 Å². The van der Waals surface area contributed by atoms with Gasteiger partial charge in [-0.3, -0.25) is 0 Å². The summed E-state index contributed by atoms with van der Waals surface area (Å²) in [6.45, 7) is 0. The van der Waals surface area contributed by atoms with Crippen LogP contribution in [0.4, 0.5) is 17.1 Å². The Morgan fingerprint density at radius 2 is 1.67 bits per heavy atom. The molecule has 0 aliphatic rings. The Morgan fingerprint density at radius 3 is 2.28 bits per heavy atom. The summed E-state index contributed by atoms with van der Waals surface area (Å²) in [5, 5.41) is 13.1. The summed E-state index contributed by atoms with van der Waals surface area (Å²) in [6, 6.07) is 12.3. The van der Waals surface area contributed by atoms with Crippen LogP contribution in [0.1, 0.15) is 5.56 Å². The summed E-state index contributed by atoms with van der Waals surface area (Å²) in [5.74, 6) is 0. The molecule has 2 aromatic rings. The highest BCUT2D eigenvalue weighted by Crippen LogP contribution is 2.26. The molecular weight excluding hydrogens is 269 g/mol. The van der Waals surface area contributed by atoms with Crippen LogP contribution in [0.5, 0.6) is 0 Å². The minimum Gasteiger partial charge on any atom is -0.398 e. The molecule has 0 heterocycles. The number of hydrogen-bond donors (Lipinski definition) is 2. The van der Waals surface area contributed by atoms with E-state index in [1.807, 2.05) is 6.07 Å². The molecule has 18 heavy (non-hydrogen) atoms. The lowest BCUT2D eigenvalue weighted by Gasteiger charge is -2.08. The number of nitrogens with two attached hydrogens (primary N) is 1. The first-order chi connectivity index (χ1) is 8.58. The van der Waals surface area contributed by atoms with Gasteiger partial charge in [-0.2, -0.15) is 5.26 Å². The fourth-order valence-electron chi connectivity index (χ4n) is 1.52. The van der Waals surface area contributed by atoms with Gasteiger partial charge in [0, 0.05) is 27.1 Å². The van der Waals surface area contributed by atoms with Crippen LogP contribution in [0, 0.1) is 11.3 Å². The van der Waals surface area contributed by atoms with Crippen molar-refractivity contribution >= 4 is 40.3 Å². The minimum absolute atomic E-state index is 0.424. The molecule has 5 heteroatoms. The Bertz CT molecular complexity index is 612. The summed E-state index contributed by atoms with van der Waals surface area (Å²) in [5.41, 5.74) is 8.02. The molecule has 0 saturated carbocycles. The van der Waals surface area contributed by atoms with Crippen molar-refractivity contribution < 1.29 is 0 Å². The van der Waals surface area contributed by atoms with Crippen molar-refractivity contribution in [2.24, 2.45) is 0 Å². The van der Waals surface area contributed by atoms with E-state index in [2.05, 4.69) is 5.32 Å². The van der Waals surface area contributed by atoms with Crippen molar-refractivity contribution in [2.45, 2.75) is 0 Å². The summed E-state index contributed by atoms with van der Waals surface area (Å²) in [7, 11) is 0. The molecule has 0 bridgehead atoms. The summed E-state index contributed by atoms with van der Waals surface area (Å²) in [6.07, 6.45) is 0. The lowest BCUT2D eigenvalue weighted by Crippen LogP contribution is -1.94. The van der Waals surface area contributed by atoms with Gasteiger partial charge in [0.25, 0.3) is 0 Å². The maximum atomic E-state index is 8.90. The highest BCUT2D eigenvalue weighted by Gasteiger charge is 2.02. The van der Waals surface area contributed by atoms with Gasteiger partial charge in [0.2, 0.25) is 0 Å². The van der Waals surface area contributed by atoms with Crippen LogP contribution >= 0.6 is 23.2 Å². The molecule has 0 spiro atoms. The lowest BCUT2D eigenvalue weighted by atomic mass is 10.1. The zero-order valence-corrected chi connectivity index (χ0v) is 10.8. The van der Waals surface area contributed by atoms with Crippen molar-refractivity contribution in [3.8, 4) is 6.07 Å². The normalized spacial score (nSPS) is 9.83. The molecule has 3 nitrogen and oxygen atoms in total. The van der Waals surface area contributed by atoms with Gasteiger partial charge in [0.1, 0.15) is 6.07 Å². The van der Waals surface area contributed by atoms with Gasteiger partial charge in [-0.1, -0.05) is 23.2 Å². The van der Waals surface area contributed by atoms with E-state index in [0.717, 1.165) is 11.4 Å². The van der Waals surface area contributed by atoms with Gasteiger partial charge in [-0.05, 0) is 36.4 Å². The molecule has 90 valence electrons. The quantitative estimate of drug-likeness (QED) is 0.809. The monoisotopic (exact) mass is 277 g/mol. The number of anilines is 3. The topological polar surface area (TPSA) is 61.8 Å². The van der Waals surface area contributed by atoms with Crippen LogP contribution in [0.2, 0.25) is 10.0 Å². The molecule has 0 unspecified atom stereocenters. The number of nitrogen functional groups attached to an aromatic ring is 1. The van der Waals surface area contributed by atoms with Gasteiger partial charge < -0.3 is 11.1 Å². The molecule has 2 rings (SSSR count). The largest absolute Gasteiger partial charge is 0.398 e. The van der Waals surface area contributed by atoms with Crippen LogP contribution in [-0.2, 0) is 0 Å². The first-order valence-electron chi connectivity index (χ1n) is 5.11. The molecule has 0 amide bonds. The highest BCUT2D eigenvalue weighted by atomic mass is 35.5. The van der Waals surface area contributed by atoms with E-state index in [9.17, 15) is 0 Å². The second-order valence-corrected chi connectivity index (χ2v) is 4.57. The van der Waals surface area contributed by atoms with Crippen LogP contribution in [0.15, 0.2) is 36.4 Å². The summed E-state index contributed by atoms with van der Waals surface area (Å²) < 4.78 is 0. The predicted molar refractivity (Wildman–Crippen MR) is 75.3 cm³/mol. The van der Waals surface area contributed by atoms with Gasteiger partial charge in [-0.15, -0.1) is 0 Å². The Morgan fingerprint density at radius 1 is 1.00 bits per heavy atom. The van der Waals surface area contributed by atoms with Crippen molar-refractivity contribution in [3.63, 3.8) is 0 Å². The van der Waals surface area contributed by atoms with Crippen LogP contribution < -0.4 is 11.1 Å². The zero-order chi connectivity index (χ0) is 13.1. The average molecular weight is 278 g/mol. The smallest absolute Gasteiger partial charge is 0.101 e. The Balaban J connectivity index is 2.31. The number of nitrogens with zero attached hydrogens (tertiary/aromatic N) is 1. The maximum Gasteiger partial charge on any atom is 0.101 e. The van der Waals surface area contributed by atoms with Gasteiger partial charge in [0.05, 0.1) is 5.56 Å². The third-order valence-electron chi connectivity index (χ3n) is 2.32. The zero-order valence-electron chi connectivity index (χ0n) is 9.24. The second-order valence-electron chi connectivity index (χ2n) is 3.70. The molecular formula is C13H9Cl2N3. The Labute approximate surface area is 115 Å². The molecule has 2 aromatic carbocycles. The molecule has 0 fully saturated rings. The van der Waals surface area contributed by atoms with Crippen molar-refractivity contribution in [1.82, 2.24) is 0 Å². The second kappa shape index (κ2) is 5.18. The van der Waals surface area contributed by atoms with Crippen LogP contribution in [-0.4, -0.2) is 0 Å². The summed E-state index contributed by atoms with van der Waals surface area (Å²) in [4.78, 5) is 0. The first kappa shape index (κ1) is 12.6. The molecule has 0 radical (unpaired) electrons. The van der Waals surface area contributed by atoms with Gasteiger partial charge in [-0.25, -0.2) is 0 Å². The molecule has 0 atom stereocenters. The third kappa shape index (κ3) is 2.86. The van der Waals surface area contributed by atoms with Gasteiger partial charge >= 0.3 is 0 Å². The molecule has 0 aliphatic heterocycles. The molecule has 0 aliphatic carbocycles. The number of hydrogen-bond acceptors (Lipinski definition) is 3. The van der Waals surface area contributed by atoms with Gasteiger partial charge in [0.15, 0.2) is 0 Å². The summed E-state index contributed by atoms with van der Waals surface area (Å²) >= 11 is 11.8. The van der Waals surface area contributed by atoms with Crippen molar-refractivity contribution in [3.05, 3.63) is 52.0 Å². The van der Waals surface area contributed by atoms with E-state index < -0.39 is 0 Å².